The van der Waals surface area contributed by atoms with E-state index in [9.17, 15) is 0 Å². The van der Waals surface area contributed by atoms with Crippen LogP contribution in [0.5, 0.6) is 0 Å². The molecule has 0 aliphatic carbocycles. The van der Waals surface area contributed by atoms with Gasteiger partial charge < -0.3 is 11.1 Å². The molecule has 0 bridgehead atoms. The number of hydrogen-bond acceptors (Lipinski definition) is 3. The molecule has 0 aliphatic heterocycles. The van der Waals surface area contributed by atoms with Gasteiger partial charge in [-0.1, -0.05) is 39.8 Å². The lowest BCUT2D eigenvalue weighted by atomic mass is 9.93. The third-order valence-electron chi connectivity index (χ3n) is 3.54. The number of guanidine groups is 1. The van der Waals surface area contributed by atoms with Crippen molar-refractivity contribution in [2.75, 3.05) is 11.9 Å². The van der Waals surface area contributed by atoms with Crippen LogP contribution in [0.25, 0.3) is 0 Å². The number of aromatic nitrogens is 1. The van der Waals surface area contributed by atoms with E-state index in [1.54, 1.807) is 11.3 Å². The third kappa shape index (κ3) is 6.39. The molecular weight excluding hydrogens is 431 g/mol. The summed E-state index contributed by atoms with van der Waals surface area (Å²) >= 11 is 1.70. The van der Waals surface area contributed by atoms with E-state index >= 15 is 0 Å². The van der Waals surface area contributed by atoms with Crippen LogP contribution >= 0.6 is 35.3 Å². The predicted molar refractivity (Wildman–Crippen MR) is 116 cm³/mol. The number of nitrogens with one attached hydrogen (secondary N) is 1. The van der Waals surface area contributed by atoms with Crippen molar-refractivity contribution < 1.29 is 0 Å². The molecule has 3 N–H and O–H groups in total. The quantitative estimate of drug-likeness (QED) is 0.392. The standard InChI is InChI=1S/C18H26N4S.HI/c1-5-13-7-6-8-14(11-13)21-17(19)20-10-9-16-22-15(12-23-16)18(2,3)4;/h6-8,11-12H,5,9-10H2,1-4H3,(H3,19,20,21);1H. The van der Waals surface area contributed by atoms with Gasteiger partial charge in [-0.05, 0) is 24.1 Å². The van der Waals surface area contributed by atoms with Crippen molar-refractivity contribution in [3.63, 3.8) is 0 Å². The first kappa shape index (κ1) is 20.9. The maximum absolute atomic E-state index is 5.96. The second-order valence-corrected chi connectivity index (χ2v) is 7.52. The number of rotatable bonds is 5. The molecule has 0 radical (unpaired) electrons. The van der Waals surface area contributed by atoms with Crippen LogP contribution < -0.4 is 11.1 Å². The summed E-state index contributed by atoms with van der Waals surface area (Å²) in [6.45, 7) is 9.31. The normalized spacial score (nSPS) is 11.9. The van der Waals surface area contributed by atoms with Crippen molar-refractivity contribution in [3.8, 4) is 0 Å². The first-order chi connectivity index (χ1) is 10.9. The van der Waals surface area contributed by atoms with Gasteiger partial charge in [-0.15, -0.1) is 35.3 Å². The number of benzene rings is 1. The Morgan fingerprint density at radius 1 is 1.33 bits per heavy atom. The Kier molecular flexibility index (Phi) is 8.15. The minimum atomic E-state index is 0. The summed E-state index contributed by atoms with van der Waals surface area (Å²) in [6, 6.07) is 8.22. The van der Waals surface area contributed by atoms with E-state index in [0.717, 1.165) is 29.2 Å². The molecule has 1 aromatic heterocycles. The van der Waals surface area contributed by atoms with E-state index in [1.165, 1.54) is 5.56 Å². The maximum Gasteiger partial charge on any atom is 0.193 e. The molecule has 0 aliphatic rings. The highest BCUT2D eigenvalue weighted by atomic mass is 127. The van der Waals surface area contributed by atoms with Crippen LogP contribution in [0.4, 0.5) is 5.69 Å². The van der Waals surface area contributed by atoms with Crippen LogP contribution in [0.15, 0.2) is 34.6 Å². The van der Waals surface area contributed by atoms with Gasteiger partial charge in [0.05, 0.1) is 10.7 Å². The van der Waals surface area contributed by atoms with Crippen LogP contribution in [0.2, 0.25) is 0 Å². The Morgan fingerprint density at radius 3 is 2.71 bits per heavy atom. The molecule has 0 unspecified atom stereocenters. The SMILES string of the molecule is CCc1cccc(NC(N)=NCCc2nc(C(C)(C)C)cs2)c1.I. The fraction of sp³-hybridized carbons (Fsp3) is 0.444. The number of nitrogens with two attached hydrogens (primary N) is 1. The number of halogens is 1. The Hall–Kier alpha value is -1.15. The Balaban J connectivity index is 0.00000288. The highest BCUT2D eigenvalue weighted by Gasteiger charge is 2.17. The number of hydrogen-bond donors (Lipinski definition) is 2. The van der Waals surface area contributed by atoms with E-state index in [2.05, 4.69) is 60.5 Å². The van der Waals surface area contributed by atoms with E-state index in [0.29, 0.717) is 12.5 Å². The zero-order valence-corrected chi connectivity index (χ0v) is 17.9. The molecule has 0 saturated heterocycles. The highest BCUT2D eigenvalue weighted by molar-refractivity contribution is 14.0. The van der Waals surface area contributed by atoms with Crippen molar-refractivity contribution in [1.29, 1.82) is 0 Å². The van der Waals surface area contributed by atoms with Gasteiger partial charge in [-0.3, -0.25) is 4.99 Å². The second-order valence-electron chi connectivity index (χ2n) is 6.57. The summed E-state index contributed by atoms with van der Waals surface area (Å²) in [4.78, 5) is 9.06. The van der Waals surface area contributed by atoms with Crippen molar-refractivity contribution in [1.82, 2.24) is 4.98 Å². The van der Waals surface area contributed by atoms with Crippen LogP contribution in [-0.2, 0) is 18.3 Å². The Morgan fingerprint density at radius 2 is 2.08 bits per heavy atom. The molecule has 1 aromatic carbocycles. The summed E-state index contributed by atoms with van der Waals surface area (Å²) < 4.78 is 0. The topological polar surface area (TPSA) is 63.3 Å². The van der Waals surface area contributed by atoms with Crippen molar-refractivity contribution in [3.05, 3.63) is 45.9 Å². The van der Waals surface area contributed by atoms with Crippen LogP contribution in [-0.4, -0.2) is 17.5 Å². The lowest BCUT2D eigenvalue weighted by Gasteiger charge is -2.14. The molecular formula is C18H27IN4S. The first-order valence-electron chi connectivity index (χ1n) is 7.99. The average Bonchev–Trinajstić information content (AvgIpc) is 2.96. The lowest BCUT2D eigenvalue weighted by Crippen LogP contribution is -2.23. The minimum Gasteiger partial charge on any atom is -0.370 e. The van der Waals surface area contributed by atoms with Gasteiger partial charge in [0.1, 0.15) is 0 Å². The smallest absolute Gasteiger partial charge is 0.193 e. The van der Waals surface area contributed by atoms with Crippen LogP contribution in [0, 0.1) is 0 Å². The summed E-state index contributed by atoms with van der Waals surface area (Å²) in [6.07, 6.45) is 1.82. The highest BCUT2D eigenvalue weighted by Crippen LogP contribution is 2.24. The Bertz CT molecular complexity index is 674. The lowest BCUT2D eigenvalue weighted by molar-refractivity contribution is 0.571. The predicted octanol–water partition coefficient (Wildman–Crippen LogP) is 4.59. The van der Waals surface area contributed by atoms with Gasteiger partial charge >= 0.3 is 0 Å². The first-order valence-corrected chi connectivity index (χ1v) is 8.87. The summed E-state index contributed by atoms with van der Waals surface area (Å²) in [5, 5.41) is 6.39. The van der Waals surface area contributed by atoms with Crippen LogP contribution in [0.1, 0.15) is 44.0 Å². The molecule has 0 amide bonds. The van der Waals surface area contributed by atoms with Gasteiger partial charge in [-0.2, -0.15) is 0 Å². The minimum absolute atomic E-state index is 0. The van der Waals surface area contributed by atoms with Crippen molar-refractivity contribution in [2.45, 2.75) is 46.0 Å². The number of aliphatic imine (C=N–C) groups is 1. The van der Waals surface area contributed by atoms with E-state index in [-0.39, 0.29) is 29.4 Å². The molecule has 0 atom stereocenters. The summed E-state index contributed by atoms with van der Waals surface area (Å²) in [5.41, 5.74) is 9.46. The largest absolute Gasteiger partial charge is 0.370 e. The van der Waals surface area contributed by atoms with Gasteiger partial charge in [0.25, 0.3) is 0 Å². The fourth-order valence-corrected chi connectivity index (χ4v) is 3.11. The van der Waals surface area contributed by atoms with E-state index in [4.69, 9.17) is 5.73 Å². The molecule has 2 aromatic rings. The molecule has 24 heavy (non-hydrogen) atoms. The van der Waals surface area contributed by atoms with Gasteiger partial charge in [0, 0.05) is 29.4 Å². The average molecular weight is 458 g/mol. The van der Waals surface area contributed by atoms with Crippen molar-refractivity contribution >= 4 is 47.0 Å². The van der Waals surface area contributed by atoms with Gasteiger partial charge in [0.2, 0.25) is 0 Å². The van der Waals surface area contributed by atoms with E-state index < -0.39 is 0 Å². The maximum atomic E-state index is 5.96. The number of nitrogens with zero attached hydrogens (tertiary/aromatic N) is 2. The molecule has 6 heteroatoms. The van der Waals surface area contributed by atoms with Gasteiger partial charge in [-0.25, -0.2) is 4.98 Å². The number of anilines is 1. The summed E-state index contributed by atoms with van der Waals surface area (Å²) in [5.74, 6) is 0.450. The molecule has 0 saturated carbocycles. The molecule has 0 spiro atoms. The van der Waals surface area contributed by atoms with Gasteiger partial charge in [0.15, 0.2) is 5.96 Å². The fourth-order valence-electron chi connectivity index (χ4n) is 2.10. The Labute approximate surface area is 166 Å². The molecule has 1 heterocycles. The number of thiazole rings is 1. The molecule has 0 fully saturated rings. The number of aryl methyl sites for hydroxylation is 1. The van der Waals surface area contributed by atoms with Crippen molar-refractivity contribution in [2.24, 2.45) is 10.7 Å². The van der Waals surface area contributed by atoms with E-state index in [1.807, 2.05) is 12.1 Å². The third-order valence-corrected chi connectivity index (χ3v) is 4.44. The molecule has 2 rings (SSSR count). The van der Waals surface area contributed by atoms with Crippen LogP contribution in [0.3, 0.4) is 0 Å². The zero-order valence-electron chi connectivity index (χ0n) is 14.8. The molecule has 4 nitrogen and oxygen atoms in total. The second kappa shape index (κ2) is 9.36. The zero-order chi connectivity index (χ0) is 16.9. The summed E-state index contributed by atoms with van der Waals surface area (Å²) in [7, 11) is 0. The monoisotopic (exact) mass is 458 g/mol. The molecule has 132 valence electrons.